The number of hydrogen-bond donors (Lipinski definition) is 0. The fourth-order valence-corrected chi connectivity index (χ4v) is 6.41. The molecule has 0 nitrogen and oxygen atoms in total. The molecule has 0 saturated heterocycles. The van der Waals surface area contributed by atoms with E-state index in [4.69, 9.17) is 22.2 Å². The van der Waals surface area contributed by atoms with Gasteiger partial charge in [-0.2, -0.15) is 0 Å². The average Bonchev–Trinajstić information content (AvgIpc) is 2.18. The zero-order valence-corrected chi connectivity index (χ0v) is 11.9. The molecule has 0 aliphatic rings. The van der Waals surface area contributed by atoms with Gasteiger partial charge in [0.25, 0.3) is 6.69 Å². The van der Waals surface area contributed by atoms with Crippen LogP contribution in [0.3, 0.4) is 0 Å². The van der Waals surface area contributed by atoms with Gasteiger partial charge < -0.3 is 0 Å². The lowest BCUT2D eigenvalue weighted by molar-refractivity contribution is 0.847. The van der Waals surface area contributed by atoms with Crippen LogP contribution in [0.15, 0.2) is 30.3 Å². The Kier molecular flexibility index (Phi) is 5.17. The first-order valence-corrected chi connectivity index (χ1v) is 9.92. The third-order valence-corrected chi connectivity index (χ3v) is 7.09. The Bertz CT molecular complexity index is 285. The minimum atomic E-state index is -2.00. The number of benzene rings is 1. The van der Waals surface area contributed by atoms with E-state index >= 15 is 0 Å². The summed E-state index contributed by atoms with van der Waals surface area (Å²) in [5, 5.41) is 0. The molecule has 0 aliphatic carbocycles. The molecule has 0 spiro atoms. The third-order valence-electron chi connectivity index (χ3n) is 2.59. The second-order valence-corrected chi connectivity index (χ2v) is 11.7. The number of rotatable bonds is 5. The quantitative estimate of drug-likeness (QED) is 0.509. The SMILES string of the molecule is CCC[Si](Cl)(Cl)CC(C)c1ccccc1. The van der Waals surface area contributed by atoms with E-state index in [1.54, 1.807) is 0 Å². The van der Waals surface area contributed by atoms with Gasteiger partial charge in [-0.25, -0.2) is 0 Å². The molecule has 1 rings (SSSR count). The van der Waals surface area contributed by atoms with Crippen LogP contribution in [0.1, 0.15) is 31.7 Å². The highest BCUT2D eigenvalue weighted by Crippen LogP contribution is 2.34. The summed E-state index contributed by atoms with van der Waals surface area (Å²) < 4.78 is 0. The van der Waals surface area contributed by atoms with Gasteiger partial charge in [0.05, 0.1) is 0 Å². The molecular weight excluding hydrogens is 243 g/mol. The lowest BCUT2D eigenvalue weighted by atomic mass is 10.0. The van der Waals surface area contributed by atoms with Gasteiger partial charge in [-0.1, -0.05) is 50.6 Å². The Morgan fingerprint density at radius 2 is 1.80 bits per heavy atom. The van der Waals surface area contributed by atoms with Gasteiger partial charge in [0, 0.05) is 0 Å². The summed E-state index contributed by atoms with van der Waals surface area (Å²) in [6.07, 6.45) is 1.08. The topological polar surface area (TPSA) is 0 Å². The van der Waals surface area contributed by atoms with E-state index in [0.717, 1.165) is 18.5 Å². The maximum atomic E-state index is 6.39. The minimum Gasteiger partial charge on any atom is -0.146 e. The maximum absolute atomic E-state index is 6.39. The van der Waals surface area contributed by atoms with E-state index in [1.807, 2.05) is 6.07 Å². The third kappa shape index (κ3) is 4.58. The van der Waals surface area contributed by atoms with Gasteiger partial charge in [0.15, 0.2) is 0 Å². The summed E-state index contributed by atoms with van der Waals surface area (Å²) >= 11 is 12.8. The summed E-state index contributed by atoms with van der Waals surface area (Å²) in [5.41, 5.74) is 1.34. The van der Waals surface area contributed by atoms with Crippen LogP contribution >= 0.6 is 22.2 Å². The first-order chi connectivity index (χ1) is 7.05. The molecular formula is C12H18Cl2Si. The van der Waals surface area contributed by atoms with Crippen LogP contribution in [0.25, 0.3) is 0 Å². The summed E-state index contributed by atoms with van der Waals surface area (Å²) in [4.78, 5) is 0. The van der Waals surface area contributed by atoms with Crippen molar-refractivity contribution in [2.24, 2.45) is 0 Å². The van der Waals surface area contributed by atoms with Crippen LogP contribution in [0.5, 0.6) is 0 Å². The first kappa shape index (κ1) is 13.1. The van der Waals surface area contributed by atoms with Gasteiger partial charge in [-0.3, -0.25) is 0 Å². The van der Waals surface area contributed by atoms with Crippen molar-refractivity contribution in [1.29, 1.82) is 0 Å². The summed E-state index contributed by atoms with van der Waals surface area (Å²) in [6, 6.07) is 12.4. The van der Waals surface area contributed by atoms with Gasteiger partial charge in [-0.05, 0) is 23.6 Å². The largest absolute Gasteiger partial charge is 0.251 e. The number of hydrogen-bond acceptors (Lipinski definition) is 0. The lowest BCUT2D eigenvalue weighted by Crippen LogP contribution is -2.20. The zero-order chi connectivity index (χ0) is 11.3. The molecule has 0 amide bonds. The van der Waals surface area contributed by atoms with E-state index in [1.165, 1.54) is 5.56 Å². The van der Waals surface area contributed by atoms with Crippen LogP contribution in [-0.4, -0.2) is 6.69 Å². The van der Waals surface area contributed by atoms with E-state index in [9.17, 15) is 0 Å². The van der Waals surface area contributed by atoms with E-state index < -0.39 is 6.69 Å². The van der Waals surface area contributed by atoms with Crippen molar-refractivity contribution in [2.75, 3.05) is 0 Å². The summed E-state index contributed by atoms with van der Waals surface area (Å²) in [6.45, 7) is 2.34. The van der Waals surface area contributed by atoms with Gasteiger partial charge in [0.1, 0.15) is 0 Å². The van der Waals surface area contributed by atoms with Crippen molar-refractivity contribution in [3.05, 3.63) is 35.9 Å². The van der Waals surface area contributed by atoms with E-state index in [0.29, 0.717) is 5.92 Å². The standard InChI is InChI=1S/C12H18Cl2Si/c1-3-9-15(13,14)10-11(2)12-7-5-4-6-8-12/h4-8,11H,3,9-10H2,1-2H3. The van der Waals surface area contributed by atoms with Crippen molar-refractivity contribution >= 4 is 28.9 Å². The number of halogens is 2. The Labute approximate surface area is 103 Å². The molecule has 0 N–H and O–H groups in total. The molecule has 1 aromatic rings. The molecule has 1 unspecified atom stereocenters. The molecule has 0 saturated carbocycles. The van der Waals surface area contributed by atoms with Crippen LogP contribution < -0.4 is 0 Å². The Morgan fingerprint density at radius 3 is 2.33 bits per heavy atom. The van der Waals surface area contributed by atoms with Crippen LogP contribution in [0.4, 0.5) is 0 Å². The molecule has 15 heavy (non-hydrogen) atoms. The van der Waals surface area contributed by atoms with E-state index in [-0.39, 0.29) is 0 Å². The Hall–Kier alpha value is 0.0169. The van der Waals surface area contributed by atoms with Gasteiger partial charge in [-0.15, -0.1) is 22.2 Å². The average molecular weight is 261 g/mol. The predicted octanol–water partition coefficient (Wildman–Crippen LogP) is 5.12. The van der Waals surface area contributed by atoms with Crippen molar-refractivity contribution in [3.63, 3.8) is 0 Å². The van der Waals surface area contributed by atoms with Crippen LogP contribution in [-0.2, 0) is 0 Å². The molecule has 0 fully saturated rings. The fourth-order valence-electron chi connectivity index (χ4n) is 1.82. The zero-order valence-electron chi connectivity index (χ0n) is 9.34. The molecule has 1 aromatic carbocycles. The second-order valence-electron chi connectivity index (χ2n) is 4.12. The first-order valence-electron chi connectivity index (χ1n) is 5.48. The van der Waals surface area contributed by atoms with Gasteiger partial charge >= 0.3 is 0 Å². The Morgan fingerprint density at radius 1 is 1.20 bits per heavy atom. The molecule has 1 atom stereocenters. The lowest BCUT2D eigenvalue weighted by Gasteiger charge is -2.20. The molecule has 84 valence electrons. The monoisotopic (exact) mass is 260 g/mol. The van der Waals surface area contributed by atoms with Crippen molar-refractivity contribution in [3.8, 4) is 0 Å². The molecule has 0 bridgehead atoms. The molecule has 0 aromatic heterocycles. The van der Waals surface area contributed by atoms with Gasteiger partial charge in [0.2, 0.25) is 0 Å². The predicted molar refractivity (Wildman–Crippen MR) is 72.2 cm³/mol. The smallest absolute Gasteiger partial charge is 0.146 e. The highest BCUT2D eigenvalue weighted by atomic mass is 35.7. The van der Waals surface area contributed by atoms with Crippen molar-refractivity contribution < 1.29 is 0 Å². The molecule has 0 radical (unpaired) electrons. The molecule has 0 aliphatic heterocycles. The summed E-state index contributed by atoms with van der Waals surface area (Å²) in [5.74, 6) is 0.472. The highest BCUT2D eigenvalue weighted by Gasteiger charge is 2.29. The fraction of sp³-hybridized carbons (Fsp3) is 0.500. The molecule has 3 heteroatoms. The van der Waals surface area contributed by atoms with Crippen molar-refractivity contribution in [1.82, 2.24) is 0 Å². The Balaban J connectivity index is 2.59. The van der Waals surface area contributed by atoms with Crippen molar-refractivity contribution in [2.45, 2.75) is 38.3 Å². The maximum Gasteiger partial charge on any atom is 0.251 e. The van der Waals surface area contributed by atoms with E-state index in [2.05, 4.69) is 38.1 Å². The van der Waals surface area contributed by atoms with Crippen LogP contribution in [0, 0.1) is 0 Å². The highest BCUT2D eigenvalue weighted by molar-refractivity contribution is 7.45. The summed E-state index contributed by atoms with van der Waals surface area (Å²) in [7, 11) is 0. The molecule has 0 heterocycles. The second kappa shape index (κ2) is 5.93. The van der Waals surface area contributed by atoms with Crippen LogP contribution in [0.2, 0.25) is 12.1 Å². The minimum absolute atomic E-state index is 0.472. The normalized spacial score (nSPS) is 13.9.